The molecule has 3 rings (SSSR count). The molecule has 1 saturated carbocycles. The number of halogens is 3. The van der Waals surface area contributed by atoms with Crippen LogP contribution in [0.5, 0.6) is 0 Å². The van der Waals surface area contributed by atoms with Crippen molar-refractivity contribution < 1.29 is 13.6 Å². The molecule has 2 aliphatic rings. The number of carbonyl (C=O) groups excluding carboxylic acids is 1. The molecular weight excluding hydrogens is 334 g/mol. The predicted molar refractivity (Wildman–Crippen MR) is 92.3 cm³/mol. The summed E-state index contributed by atoms with van der Waals surface area (Å²) in [5, 5.41) is 3.37. The van der Waals surface area contributed by atoms with Crippen molar-refractivity contribution in [2.45, 2.75) is 32.1 Å². The Balaban J connectivity index is 0.00000208. The van der Waals surface area contributed by atoms with Gasteiger partial charge in [0.05, 0.1) is 0 Å². The molecule has 134 valence electrons. The minimum Gasteiger partial charge on any atom is -0.342 e. The molecule has 0 aromatic heterocycles. The summed E-state index contributed by atoms with van der Waals surface area (Å²) in [6.07, 6.45) is 2.84. The average Bonchev–Trinajstić information content (AvgIpc) is 3.36. The van der Waals surface area contributed by atoms with Crippen molar-refractivity contribution >= 4 is 18.3 Å². The molecule has 0 bridgehead atoms. The lowest BCUT2D eigenvalue weighted by molar-refractivity contribution is -0.134. The molecule has 1 aromatic carbocycles. The molecular formula is C18H25ClF2N2O. The van der Waals surface area contributed by atoms with E-state index in [1.165, 1.54) is 6.07 Å². The highest BCUT2D eigenvalue weighted by molar-refractivity contribution is 5.85. The van der Waals surface area contributed by atoms with Gasteiger partial charge >= 0.3 is 0 Å². The Morgan fingerprint density at radius 1 is 1.25 bits per heavy atom. The van der Waals surface area contributed by atoms with Crippen molar-refractivity contribution in [3.05, 3.63) is 35.4 Å². The standard InChI is InChI=1S/C18H24F2N2O.ClH/c1-2-21-11-12-5-7-22(8-6-12)18(23)15-10-14(15)13-3-4-16(19)17(20)9-13;/h3-4,9,12,14-15,21H,2,5-8,10-11H2,1H3;1H. The topological polar surface area (TPSA) is 32.3 Å². The number of likely N-dealkylation sites (tertiary alicyclic amines) is 1. The predicted octanol–water partition coefficient (Wildman–Crippen LogP) is 3.34. The highest BCUT2D eigenvalue weighted by Crippen LogP contribution is 2.49. The third-order valence-corrected chi connectivity index (χ3v) is 5.09. The van der Waals surface area contributed by atoms with E-state index in [1.807, 2.05) is 4.90 Å². The first-order chi connectivity index (χ1) is 11.1. The highest BCUT2D eigenvalue weighted by atomic mass is 35.5. The summed E-state index contributed by atoms with van der Waals surface area (Å²) >= 11 is 0. The summed E-state index contributed by atoms with van der Waals surface area (Å²) in [6.45, 7) is 5.74. The zero-order valence-electron chi connectivity index (χ0n) is 13.9. The summed E-state index contributed by atoms with van der Waals surface area (Å²) in [7, 11) is 0. The van der Waals surface area contributed by atoms with Gasteiger partial charge in [-0.15, -0.1) is 12.4 Å². The zero-order valence-corrected chi connectivity index (χ0v) is 14.7. The van der Waals surface area contributed by atoms with E-state index in [2.05, 4.69) is 12.2 Å². The van der Waals surface area contributed by atoms with Gasteiger partial charge in [-0.2, -0.15) is 0 Å². The monoisotopic (exact) mass is 358 g/mol. The van der Waals surface area contributed by atoms with E-state index in [9.17, 15) is 13.6 Å². The molecule has 6 heteroatoms. The Morgan fingerprint density at radius 2 is 1.96 bits per heavy atom. The van der Waals surface area contributed by atoms with Gasteiger partial charge in [-0.25, -0.2) is 8.78 Å². The van der Waals surface area contributed by atoms with Crippen LogP contribution in [0, 0.1) is 23.5 Å². The van der Waals surface area contributed by atoms with Gasteiger partial charge < -0.3 is 10.2 Å². The lowest BCUT2D eigenvalue weighted by Gasteiger charge is -2.32. The molecule has 1 N–H and O–H groups in total. The number of carbonyl (C=O) groups is 1. The second-order valence-electron chi connectivity index (χ2n) is 6.70. The number of amides is 1. The average molecular weight is 359 g/mol. The van der Waals surface area contributed by atoms with Crippen LogP contribution >= 0.6 is 12.4 Å². The highest BCUT2D eigenvalue weighted by Gasteiger charge is 2.46. The number of rotatable bonds is 5. The number of nitrogens with one attached hydrogen (secondary N) is 1. The van der Waals surface area contributed by atoms with E-state index in [4.69, 9.17) is 0 Å². The Kier molecular flexibility index (Phi) is 6.58. The van der Waals surface area contributed by atoms with Gasteiger partial charge in [0, 0.05) is 19.0 Å². The molecule has 1 aromatic rings. The first kappa shape index (κ1) is 19.1. The molecule has 24 heavy (non-hydrogen) atoms. The van der Waals surface area contributed by atoms with Crippen molar-refractivity contribution in [1.29, 1.82) is 0 Å². The van der Waals surface area contributed by atoms with Gasteiger partial charge in [0.15, 0.2) is 11.6 Å². The Morgan fingerprint density at radius 3 is 2.58 bits per heavy atom. The SMILES string of the molecule is CCNCC1CCN(C(=O)C2CC2c2ccc(F)c(F)c2)CC1.Cl. The quantitative estimate of drug-likeness (QED) is 0.875. The van der Waals surface area contributed by atoms with Gasteiger partial charge in [-0.05, 0) is 61.9 Å². The molecule has 1 amide bonds. The van der Waals surface area contributed by atoms with Crippen LogP contribution in [0.25, 0.3) is 0 Å². The van der Waals surface area contributed by atoms with E-state index in [1.54, 1.807) is 6.07 Å². The van der Waals surface area contributed by atoms with Crippen LogP contribution in [-0.2, 0) is 4.79 Å². The first-order valence-electron chi connectivity index (χ1n) is 8.54. The van der Waals surface area contributed by atoms with Crippen LogP contribution in [0.3, 0.4) is 0 Å². The fourth-order valence-electron chi connectivity index (χ4n) is 3.52. The lowest BCUT2D eigenvalue weighted by atomic mass is 9.96. The van der Waals surface area contributed by atoms with Crippen molar-refractivity contribution in [1.82, 2.24) is 10.2 Å². The Labute approximate surface area is 148 Å². The summed E-state index contributed by atoms with van der Waals surface area (Å²) in [4.78, 5) is 14.5. The maximum atomic E-state index is 13.3. The van der Waals surface area contributed by atoms with Gasteiger partial charge in [0.2, 0.25) is 5.91 Å². The van der Waals surface area contributed by atoms with Gasteiger partial charge in [-0.3, -0.25) is 4.79 Å². The number of benzene rings is 1. The van der Waals surface area contributed by atoms with Gasteiger partial charge in [0.25, 0.3) is 0 Å². The van der Waals surface area contributed by atoms with Crippen molar-refractivity contribution in [3.63, 3.8) is 0 Å². The zero-order chi connectivity index (χ0) is 16.4. The molecule has 1 aliphatic carbocycles. The van der Waals surface area contributed by atoms with Gasteiger partial charge in [-0.1, -0.05) is 13.0 Å². The summed E-state index contributed by atoms with van der Waals surface area (Å²) in [6, 6.07) is 3.98. The second-order valence-corrected chi connectivity index (χ2v) is 6.70. The largest absolute Gasteiger partial charge is 0.342 e. The number of piperidine rings is 1. The molecule has 3 nitrogen and oxygen atoms in total. The summed E-state index contributed by atoms with van der Waals surface area (Å²) < 4.78 is 26.3. The van der Waals surface area contributed by atoms with Crippen molar-refractivity contribution in [2.75, 3.05) is 26.2 Å². The normalized spacial score (nSPS) is 23.7. The lowest BCUT2D eigenvalue weighted by Crippen LogP contribution is -2.41. The van der Waals surface area contributed by atoms with E-state index < -0.39 is 11.6 Å². The molecule has 1 saturated heterocycles. The smallest absolute Gasteiger partial charge is 0.226 e. The van der Waals surface area contributed by atoms with Crippen molar-refractivity contribution in [2.24, 2.45) is 11.8 Å². The van der Waals surface area contributed by atoms with Crippen LogP contribution in [0.2, 0.25) is 0 Å². The molecule has 2 fully saturated rings. The maximum absolute atomic E-state index is 13.3. The van der Waals surface area contributed by atoms with Gasteiger partial charge in [0.1, 0.15) is 0 Å². The summed E-state index contributed by atoms with van der Waals surface area (Å²) in [5.74, 6) is -0.825. The van der Waals surface area contributed by atoms with E-state index in [0.29, 0.717) is 5.92 Å². The van der Waals surface area contributed by atoms with Crippen LogP contribution in [-0.4, -0.2) is 37.0 Å². The molecule has 1 heterocycles. The number of hydrogen-bond donors (Lipinski definition) is 1. The third-order valence-electron chi connectivity index (χ3n) is 5.09. The number of hydrogen-bond acceptors (Lipinski definition) is 2. The maximum Gasteiger partial charge on any atom is 0.226 e. The van der Waals surface area contributed by atoms with E-state index in [0.717, 1.165) is 57.1 Å². The summed E-state index contributed by atoms with van der Waals surface area (Å²) in [5.41, 5.74) is 0.740. The van der Waals surface area contributed by atoms with Crippen molar-refractivity contribution in [3.8, 4) is 0 Å². The first-order valence-corrected chi connectivity index (χ1v) is 8.54. The molecule has 0 radical (unpaired) electrons. The Hall–Kier alpha value is -1.20. The third kappa shape index (κ3) is 4.25. The molecule has 2 atom stereocenters. The fourth-order valence-corrected chi connectivity index (χ4v) is 3.52. The van der Waals surface area contributed by atoms with Crippen LogP contribution in [0.1, 0.15) is 37.7 Å². The van der Waals surface area contributed by atoms with Crippen LogP contribution < -0.4 is 5.32 Å². The van der Waals surface area contributed by atoms with Crippen LogP contribution in [0.15, 0.2) is 18.2 Å². The molecule has 1 aliphatic heterocycles. The van der Waals surface area contributed by atoms with E-state index >= 15 is 0 Å². The van der Waals surface area contributed by atoms with E-state index in [-0.39, 0.29) is 30.2 Å². The number of nitrogens with zero attached hydrogens (tertiary/aromatic N) is 1. The minimum atomic E-state index is -0.833. The molecule has 0 spiro atoms. The Bertz CT molecular complexity index is 576. The fraction of sp³-hybridized carbons (Fsp3) is 0.611. The minimum absolute atomic E-state index is 0. The van der Waals surface area contributed by atoms with Crippen LogP contribution in [0.4, 0.5) is 8.78 Å². The second kappa shape index (κ2) is 8.26. The molecule has 2 unspecified atom stereocenters.